The number of Topliss-reactive ketones (excluding diaryl/α,β-unsaturated/α-hetero) is 1. The fourth-order valence-electron chi connectivity index (χ4n) is 5.62. The molecule has 0 bridgehead atoms. The van der Waals surface area contributed by atoms with E-state index in [-0.39, 0.29) is 18.4 Å². The minimum Gasteiger partial charge on any atom is -0.493 e. The third-order valence-corrected chi connectivity index (χ3v) is 9.55. The van der Waals surface area contributed by atoms with E-state index in [1.165, 1.54) is 5.39 Å². The Balaban J connectivity index is 1.13. The molecule has 0 saturated heterocycles. The molecular weight excluding hydrogens is 618 g/mol. The van der Waals surface area contributed by atoms with E-state index in [4.69, 9.17) is 16.3 Å². The molecule has 46 heavy (non-hydrogen) atoms. The van der Waals surface area contributed by atoms with Crippen LogP contribution in [0.3, 0.4) is 0 Å². The maximum atomic E-state index is 13.4. The lowest BCUT2D eigenvalue weighted by atomic mass is 10.0. The van der Waals surface area contributed by atoms with E-state index in [0.717, 1.165) is 34.0 Å². The fourth-order valence-corrected chi connectivity index (χ4v) is 6.79. The van der Waals surface area contributed by atoms with E-state index in [1.807, 2.05) is 60.7 Å². The average Bonchev–Trinajstić information content (AvgIpc) is 3.44. The molecule has 7 nitrogen and oxygen atoms in total. The van der Waals surface area contributed by atoms with Crippen molar-refractivity contribution < 1.29 is 17.9 Å². The lowest BCUT2D eigenvalue weighted by molar-refractivity contribution is 0.0985. The number of hydrogen-bond donors (Lipinski definition) is 3. The van der Waals surface area contributed by atoms with Gasteiger partial charge in [0, 0.05) is 46.6 Å². The molecule has 5 aromatic carbocycles. The Bertz CT molecular complexity index is 2080. The number of nitrogens with one attached hydrogen (secondary N) is 3. The van der Waals surface area contributed by atoms with Gasteiger partial charge in [-0.3, -0.25) is 4.79 Å². The van der Waals surface area contributed by atoms with Crippen molar-refractivity contribution >= 4 is 54.7 Å². The van der Waals surface area contributed by atoms with Crippen molar-refractivity contribution in [1.29, 1.82) is 0 Å². The SMILES string of the molecule is CS(=O)(=O)C(Nc1cc(C(=O)CNC(CCOc2ccc3c(c2)[nH]c2ccccc23)c2ccccc2)ccc1Cl)c1ccccc1. The Morgan fingerprint density at radius 3 is 2.22 bits per heavy atom. The minimum absolute atomic E-state index is 0.0653. The molecule has 0 spiro atoms. The van der Waals surface area contributed by atoms with Crippen LogP contribution in [0, 0.1) is 0 Å². The predicted octanol–water partition coefficient (Wildman–Crippen LogP) is 8.11. The van der Waals surface area contributed by atoms with Crippen LogP contribution in [-0.4, -0.2) is 38.6 Å². The van der Waals surface area contributed by atoms with Crippen molar-refractivity contribution in [2.45, 2.75) is 17.8 Å². The summed E-state index contributed by atoms with van der Waals surface area (Å²) in [5.74, 6) is 0.618. The summed E-state index contributed by atoms with van der Waals surface area (Å²) >= 11 is 6.45. The Kier molecular flexibility index (Phi) is 9.40. The number of carbonyl (C=O) groups is 1. The zero-order valence-corrected chi connectivity index (χ0v) is 26.8. The quantitative estimate of drug-likeness (QED) is 0.109. The van der Waals surface area contributed by atoms with Gasteiger partial charge in [-0.05, 0) is 47.5 Å². The Morgan fingerprint density at radius 2 is 1.48 bits per heavy atom. The molecule has 0 radical (unpaired) electrons. The smallest absolute Gasteiger partial charge is 0.176 e. The molecule has 6 rings (SSSR count). The van der Waals surface area contributed by atoms with E-state index >= 15 is 0 Å². The van der Waals surface area contributed by atoms with Gasteiger partial charge in [-0.25, -0.2) is 8.42 Å². The number of rotatable bonds is 13. The molecule has 0 aliphatic heterocycles. The van der Waals surface area contributed by atoms with Gasteiger partial charge in [0.25, 0.3) is 0 Å². The zero-order chi connectivity index (χ0) is 32.1. The first-order valence-electron chi connectivity index (χ1n) is 15.0. The number of ketones is 1. The van der Waals surface area contributed by atoms with E-state index in [2.05, 4.69) is 33.8 Å². The third kappa shape index (κ3) is 7.26. The number of aromatic amines is 1. The topological polar surface area (TPSA) is 100 Å². The van der Waals surface area contributed by atoms with Gasteiger partial charge in [0.1, 0.15) is 5.75 Å². The second-order valence-electron chi connectivity index (χ2n) is 11.2. The number of benzene rings is 5. The van der Waals surface area contributed by atoms with Crippen molar-refractivity contribution in [2.24, 2.45) is 0 Å². The molecule has 0 saturated carbocycles. The van der Waals surface area contributed by atoms with Crippen LogP contribution in [0.15, 0.2) is 121 Å². The average molecular weight is 652 g/mol. The van der Waals surface area contributed by atoms with Gasteiger partial charge in [0.2, 0.25) is 0 Å². The number of carbonyl (C=O) groups excluding carboxylic acids is 1. The molecule has 0 fully saturated rings. The summed E-state index contributed by atoms with van der Waals surface area (Å²) in [5, 5.41) is 8.08. The summed E-state index contributed by atoms with van der Waals surface area (Å²) in [4.78, 5) is 16.9. The van der Waals surface area contributed by atoms with Gasteiger partial charge in [0.15, 0.2) is 21.0 Å². The number of ether oxygens (including phenoxy) is 1. The largest absolute Gasteiger partial charge is 0.493 e. The first kappa shape index (κ1) is 31.4. The van der Waals surface area contributed by atoms with E-state index in [1.54, 1.807) is 42.5 Å². The summed E-state index contributed by atoms with van der Waals surface area (Å²) in [7, 11) is -3.55. The normalized spacial score (nSPS) is 13.0. The standard InChI is InChI=1S/C37H34ClN3O4S/c1-46(43,44)37(26-12-6-3-7-13-26)41-35-22-27(16-19-31(35)38)36(42)24-39-32(25-10-4-2-5-11-25)20-21-45-28-17-18-30-29-14-8-9-15-33(29)40-34(30)23-28/h2-19,22-23,32,37,39-41H,20-21,24H2,1H3. The van der Waals surface area contributed by atoms with Gasteiger partial charge >= 0.3 is 0 Å². The number of sulfone groups is 1. The number of para-hydroxylation sites is 1. The zero-order valence-electron chi connectivity index (χ0n) is 25.2. The van der Waals surface area contributed by atoms with E-state index < -0.39 is 15.2 Å². The number of halogens is 1. The molecule has 1 aromatic heterocycles. The monoisotopic (exact) mass is 651 g/mol. The summed E-state index contributed by atoms with van der Waals surface area (Å²) in [6.45, 7) is 0.504. The summed E-state index contributed by atoms with van der Waals surface area (Å²) in [6.07, 6.45) is 1.79. The van der Waals surface area contributed by atoms with Crippen molar-refractivity contribution in [3.05, 3.63) is 143 Å². The van der Waals surface area contributed by atoms with Crippen molar-refractivity contribution in [1.82, 2.24) is 10.3 Å². The van der Waals surface area contributed by atoms with Crippen LogP contribution in [0.25, 0.3) is 21.8 Å². The van der Waals surface area contributed by atoms with Crippen LogP contribution in [0.4, 0.5) is 5.69 Å². The van der Waals surface area contributed by atoms with Crippen LogP contribution in [0.1, 0.15) is 39.3 Å². The highest BCUT2D eigenvalue weighted by molar-refractivity contribution is 7.91. The van der Waals surface area contributed by atoms with Gasteiger partial charge in [-0.1, -0.05) is 90.5 Å². The molecule has 9 heteroatoms. The van der Waals surface area contributed by atoms with Crippen LogP contribution in [-0.2, 0) is 9.84 Å². The van der Waals surface area contributed by atoms with Crippen LogP contribution < -0.4 is 15.4 Å². The molecular formula is C37H34ClN3O4S. The number of aromatic nitrogens is 1. The van der Waals surface area contributed by atoms with Gasteiger partial charge in [0.05, 0.1) is 29.4 Å². The van der Waals surface area contributed by atoms with Gasteiger partial charge in [-0.2, -0.15) is 0 Å². The van der Waals surface area contributed by atoms with E-state index in [0.29, 0.717) is 34.9 Å². The van der Waals surface area contributed by atoms with Crippen LogP contribution in [0.2, 0.25) is 5.02 Å². The molecule has 1 heterocycles. The molecule has 2 atom stereocenters. The lowest BCUT2D eigenvalue weighted by Gasteiger charge is -2.21. The molecule has 0 amide bonds. The molecule has 0 aliphatic rings. The van der Waals surface area contributed by atoms with E-state index in [9.17, 15) is 13.2 Å². The summed E-state index contributed by atoms with van der Waals surface area (Å²) < 4.78 is 31.5. The van der Waals surface area contributed by atoms with Crippen LogP contribution in [0.5, 0.6) is 5.75 Å². The summed E-state index contributed by atoms with van der Waals surface area (Å²) in [6, 6.07) is 37.8. The molecule has 6 aromatic rings. The van der Waals surface area contributed by atoms with Crippen molar-refractivity contribution in [3.63, 3.8) is 0 Å². The van der Waals surface area contributed by atoms with Gasteiger partial charge < -0.3 is 20.4 Å². The highest BCUT2D eigenvalue weighted by atomic mass is 35.5. The molecule has 234 valence electrons. The third-order valence-electron chi connectivity index (χ3n) is 7.97. The maximum absolute atomic E-state index is 13.4. The molecule has 3 N–H and O–H groups in total. The number of hydrogen-bond acceptors (Lipinski definition) is 6. The first-order chi connectivity index (χ1) is 22.3. The molecule has 0 aliphatic carbocycles. The Labute approximate surface area is 273 Å². The predicted molar refractivity (Wildman–Crippen MR) is 187 cm³/mol. The number of anilines is 1. The lowest BCUT2D eigenvalue weighted by Crippen LogP contribution is -2.29. The fraction of sp³-hybridized carbons (Fsp3) is 0.162. The first-order valence-corrected chi connectivity index (χ1v) is 17.3. The maximum Gasteiger partial charge on any atom is 0.176 e. The minimum atomic E-state index is -3.55. The highest BCUT2D eigenvalue weighted by Gasteiger charge is 2.24. The van der Waals surface area contributed by atoms with Crippen molar-refractivity contribution in [3.8, 4) is 5.75 Å². The van der Waals surface area contributed by atoms with Crippen LogP contribution >= 0.6 is 11.6 Å². The molecule has 2 unspecified atom stereocenters. The summed E-state index contributed by atoms with van der Waals surface area (Å²) in [5.41, 5.74) is 4.50. The second-order valence-corrected chi connectivity index (χ2v) is 13.8. The van der Waals surface area contributed by atoms with Gasteiger partial charge in [-0.15, -0.1) is 0 Å². The highest BCUT2D eigenvalue weighted by Crippen LogP contribution is 2.31. The Morgan fingerprint density at radius 1 is 0.804 bits per heavy atom. The van der Waals surface area contributed by atoms with Crippen molar-refractivity contribution in [2.75, 3.05) is 24.7 Å². The number of fused-ring (bicyclic) bond motifs is 3. The Hall–Kier alpha value is -4.63. The number of H-pyrrole nitrogens is 1. The second kappa shape index (κ2) is 13.8.